The monoisotopic (exact) mass is 440 g/mol. The molecular weight excluding hydrogens is 395 g/mol. The first-order valence-corrected chi connectivity index (χ1v) is 14.0. The van der Waals surface area contributed by atoms with Crippen LogP contribution < -0.4 is 0 Å². The van der Waals surface area contributed by atoms with E-state index in [1.165, 1.54) is 102 Å². The molecule has 0 fully saturated rings. The van der Waals surface area contributed by atoms with Crippen molar-refractivity contribution in [1.82, 2.24) is 0 Å². The van der Waals surface area contributed by atoms with Gasteiger partial charge >= 0.3 is 7.60 Å². The summed E-state index contributed by atoms with van der Waals surface area (Å²) in [5, 5.41) is 9.26. The van der Waals surface area contributed by atoms with Gasteiger partial charge in [-0.25, -0.2) is 0 Å². The average molecular weight is 441 g/mol. The van der Waals surface area contributed by atoms with E-state index in [1.807, 2.05) is 0 Å². The summed E-state index contributed by atoms with van der Waals surface area (Å²) in [5.74, 6) is 0.153. The van der Waals surface area contributed by atoms with Crippen molar-refractivity contribution in [2.75, 3.05) is 6.61 Å². The molecule has 174 valence electrons. The minimum absolute atomic E-state index is 0.00780. The zero-order chi connectivity index (χ0) is 21.9. The van der Waals surface area contributed by atoms with Crippen LogP contribution in [0.4, 0.5) is 0 Å². The Bertz CT molecular complexity index is 559. The van der Waals surface area contributed by atoms with Gasteiger partial charge in [0.05, 0.1) is 12.8 Å². The van der Waals surface area contributed by atoms with Gasteiger partial charge in [-0.2, -0.15) is 0 Å². The second-order valence-electron chi connectivity index (χ2n) is 8.60. The van der Waals surface area contributed by atoms with Crippen molar-refractivity contribution in [3.63, 3.8) is 0 Å². The first-order chi connectivity index (χ1) is 14.5. The molecule has 0 heterocycles. The second kappa shape index (κ2) is 17.8. The third kappa shape index (κ3) is 15.9. The molecule has 0 radical (unpaired) electrons. The van der Waals surface area contributed by atoms with Crippen molar-refractivity contribution >= 4 is 7.60 Å². The number of rotatable bonds is 20. The van der Waals surface area contributed by atoms with Crippen LogP contribution in [0.3, 0.4) is 0 Å². The molecule has 1 aromatic carbocycles. The number of benzene rings is 1. The number of phenols is 1. The highest BCUT2D eigenvalue weighted by atomic mass is 31.2. The normalized spacial score (nSPS) is 13.4. The molecule has 0 aliphatic heterocycles. The summed E-state index contributed by atoms with van der Waals surface area (Å²) in [6.45, 7) is 2.61. The van der Waals surface area contributed by atoms with E-state index in [4.69, 9.17) is 4.52 Å². The lowest BCUT2D eigenvalue weighted by molar-refractivity contribution is 0.251. The SMILES string of the molecule is CCCCCCCCCCCCCCCCCCOP(=O)(O)Cc1ccc(O)cc1. The lowest BCUT2D eigenvalue weighted by Crippen LogP contribution is -1.96. The number of aromatic hydroxyl groups is 1. The average Bonchev–Trinajstić information content (AvgIpc) is 2.72. The van der Waals surface area contributed by atoms with Crippen molar-refractivity contribution in [1.29, 1.82) is 0 Å². The molecule has 1 atom stereocenters. The van der Waals surface area contributed by atoms with Crippen molar-refractivity contribution in [2.24, 2.45) is 0 Å². The second-order valence-corrected chi connectivity index (χ2v) is 10.4. The Morgan fingerprint density at radius 2 is 1.10 bits per heavy atom. The van der Waals surface area contributed by atoms with Crippen LogP contribution in [0.25, 0.3) is 0 Å². The molecule has 0 saturated heterocycles. The Hall–Kier alpha value is -0.830. The Morgan fingerprint density at radius 1 is 0.700 bits per heavy atom. The lowest BCUT2D eigenvalue weighted by atomic mass is 10.0. The molecule has 5 heteroatoms. The molecule has 2 N–H and O–H groups in total. The van der Waals surface area contributed by atoms with E-state index >= 15 is 0 Å². The summed E-state index contributed by atoms with van der Waals surface area (Å²) in [4.78, 5) is 9.93. The smallest absolute Gasteiger partial charge is 0.332 e. The molecule has 0 spiro atoms. The Kier molecular flexibility index (Phi) is 16.2. The molecule has 1 aromatic rings. The van der Waals surface area contributed by atoms with Crippen molar-refractivity contribution < 1.29 is 19.1 Å². The number of phenolic OH excluding ortho intramolecular Hbond substituents is 1. The van der Waals surface area contributed by atoms with Crippen LogP contribution in [0, 0.1) is 0 Å². The van der Waals surface area contributed by atoms with Crippen molar-refractivity contribution in [3.8, 4) is 5.75 Å². The van der Waals surface area contributed by atoms with E-state index in [2.05, 4.69) is 6.92 Å². The van der Waals surface area contributed by atoms with E-state index in [0.717, 1.165) is 12.8 Å². The summed E-state index contributed by atoms with van der Waals surface area (Å²) in [6, 6.07) is 6.34. The fraction of sp³-hybridized carbons (Fsp3) is 0.760. The standard InChI is InChI=1S/C25H45O4P/c1-2-3-4-5-6-7-8-9-10-11-12-13-14-15-16-17-22-29-30(27,28)23-24-18-20-25(26)21-19-24/h18-21,26H,2-17,22-23H2,1H3,(H,27,28). The summed E-state index contributed by atoms with van der Waals surface area (Å²) in [7, 11) is -3.60. The Labute approximate surface area is 185 Å². The van der Waals surface area contributed by atoms with Crippen LogP contribution in [0.5, 0.6) is 5.75 Å². The molecule has 4 nitrogen and oxygen atoms in total. The van der Waals surface area contributed by atoms with Gasteiger partial charge in [-0.1, -0.05) is 115 Å². The molecular formula is C25H45O4P. The lowest BCUT2D eigenvalue weighted by Gasteiger charge is -2.12. The molecule has 1 rings (SSSR count). The maximum atomic E-state index is 12.1. The van der Waals surface area contributed by atoms with Crippen molar-refractivity contribution in [3.05, 3.63) is 29.8 Å². The van der Waals surface area contributed by atoms with Gasteiger partial charge in [0.2, 0.25) is 0 Å². The zero-order valence-electron chi connectivity index (χ0n) is 19.2. The van der Waals surface area contributed by atoms with Crippen molar-refractivity contribution in [2.45, 2.75) is 116 Å². The van der Waals surface area contributed by atoms with Gasteiger partial charge in [0.25, 0.3) is 0 Å². The molecule has 0 saturated carbocycles. The van der Waals surface area contributed by atoms with Gasteiger partial charge in [-0.15, -0.1) is 0 Å². The summed E-state index contributed by atoms with van der Waals surface area (Å²) in [6.07, 6.45) is 20.9. The fourth-order valence-corrected chi connectivity index (χ4v) is 4.91. The van der Waals surface area contributed by atoms with E-state index in [0.29, 0.717) is 12.2 Å². The van der Waals surface area contributed by atoms with Crippen LogP contribution in [0.1, 0.15) is 115 Å². The summed E-state index contributed by atoms with van der Waals surface area (Å²) in [5.41, 5.74) is 0.700. The first kappa shape index (κ1) is 27.2. The number of hydrogen-bond acceptors (Lipinski definition) is 3. The summed E-state index contributed by atoms with van der Waals surface area (Å²) >= 11 is 0. The third-order valence-corrected chi connectivity index (χ3v) is 6.96. The van der Waals surface area contributed by atoms with E-state index < -0.39 is 7.60 Å². The van der Waals surface area contributed by atoms with E-state index in [1.54, 1.807) is 12.1 Å². The van der Waals surface area contributed by atoms with Crippen LogP contribution >= 0.6 is 7.60 Å². The van der Waals surface area contributed by atoms with E-state index in [-0.39, 0.29) is 11.9 Å². The van der Waals surface area contributed by atoms with E-state index in [9.17, 15) is 14.6 Å². The number of hydrogen-bond donors (Lipinski definition) is 2. The molecule has 0 aliphatic carbocycles. The fourth-order valence-electron chi connectivity index (χ4n) is 3.74. The van der Waals surface area contributed by atoms with Crippen LogP contribution in [-0.4, -0.2) is 16.6 Å². The topological polar surface area (TPSA) is 66.8 Å². The van der Waals surface area contributed by atoms with Gasteiger partial charge in [0, 0.05) is 0 Å². The maximum Gasteiger partial charge on any atom is 0.332 e. The molecule has 0 amide bonds. The van der Waals surface area contributed by atoms with Crippen LogP contribution in [0.15, 0.2) is 24.3 Å². The minimum atomic E-state index is -3.60. The highest BCUT2D eigenvalue weighted by Gasteiger charge is 2.19. The predicted molar refractivity (Wildman–Crippen MR) is 127 cm³/mol. The zero-order valence-corrected chi connectivity index (χ0v) is 20.1. The maximum absolute atomic E-state index is 12.1. The molecule has 1 unspecified atom stereocenters. The predicted octanol–water partition coefficient (Wildman–Crippen LogP) is 8.36. The molecule has 30 heavy (non-hydrogen) atoms. The summed E-state index contributed by atoms with van der Waals surface area (Å²) < 4.78 is 17.3. The number of unbranched alkanes of at least 4 members (excludes halogenated alkanes) is 15. The minimum Gasteiger partial charge on any atom is -0.508 e. The van der Waals surface area contributed by atoms with Gasteiger partial charge in [-0.05, 0) is 24.1 Å². The van der Waals surface area contributed by atoms with Crippen LogP contribution in [0.2, 0.25) is 0 Å². The van der Waals surface area contributed by atoms with Gasteiger partial charge in [0.1, 0.15) is 5.75 Å². The highest BCUT2D eigenvalue weighted by molar-refractivity contribution is 7.51. The highest BCUT2D eigenvalue weighted by Crippen LogP contribution is 2.45. The molecule has 0 bridgehead atoms. The third-order valence-electron chi connectivity index (χ3n) is 5.61. The molecule has 0 aliphatic rings. The quantitative estimate of drug-likeness (QED) is 0.158. The Morgan fingerprint density at radius 3 is 1.53 bits per heavy atom. The first-order valence-electron chi connectivity index (χ1n) is 12.3. The van der Waals surface area contributed by atoms with Gasteiger partial charge in [-0.3, -0.25) is 4.57 Å². The Balaban J connectivity index is 1.85. The molecule has 0 aromatic heterocycles. The van der Waals surface area contributed by atoms with Gasteiger partial charge < -0.3 is 14.5 Å². The van der Waals surface area contributed by atoms with Crippen LogP contribution in [-0.2, 0) is 15.3 Å². The largest absolute Gasteiger partial charge is 0.508 e. The van der Waals surface area contributed by atoms with Gasteiger partial charge in [0.15, 0.2) is 0 Å².